The second kappa shape index (κ2) is 6.07. The Balaban J connectivity index is 2.38. The zero-order chi connectivity index (χ0) is 13.0. The Morgan fingerprint density at radius 2 is 2.06 bits per heavy atom. The van der Waals surface area contributed by atoms with Crippen molar-refractivity contribution >= 4 is 23.2 Å². The number of aliphatic hydroxyl groups excluding tert-OH is 1. The summed E-state index contributed by atoms with van der Waals surface area (Å²) in [6.07, 6.45) is 5.90. The molecule has 0 aliphatic carbocycles. The Morgan fingerprint density at radius 3 is 2.78 bits per heavy atom. The van der Waals surface area contributed by atoms with Crippen LogP contribution in [0.15, 0.2) is 30.4 Å². The molecular weight excluding hydrogens is 269 g/mol. The van der Waals surface area contributed by atoms with Crippen LogP contribution in [0.25, 0.3) is 0 Å². The molecule has 0 saturated heterocycles. The van der Waals surface area contributed by atoms with Gasteiger partial charge in [0.05, 0.1) is 10.0 Å². The number of nitrogens with one attached hydrogen (secondary N) is 1. The van der Waals surface area contributed by atoms with Gasteiger partial charge in [0.15, 0.2) is 0 Å². The molecule has 0 spiro atoms. The molecule has 2 rings (SSSR count). The highest BCUT2D eigenvalue weighted by molar-refractivity contribution is 6.42. The summed E-state index contributed by atoms with van der Waals surface area (Å²) in [5.41, 5.74) is 1.03. The van der Waals surface area contributed by atoms with Crippen molar-refractivity contribution in [3.05, 3.63) is 46.0 Å². The van der Waals surface area contributed by atoms with Gasteiger partial charge < -0.3 is 10.4 Å². The van der Waals surface area contributed by atoms with Gasteiger partial charge in [-0.1, -0.05) is 41.4 Å². The van der Waals surface area contributed by atoms with Gasteiger partial charge >= 0.3 is 0 Å². The van der Waals surface area contributed by atoms with Crippen LogP contribution in [0.1, 0.15) is 18.4 Å². The van der Waals surface area contributed by atoms with Crippen molar-refractivity contribution in [2.75, 3.05) is 19.7 Å². The van der Waals surface area contributed by atoms with E-state index in [1.165, 1.54) is 0 Å². The highest BCUT2D eigenvalue weighted by Gasteiger charge is 2.31. The smallest absolute Gasteiger partial charge is 0.0595 e. The van der Waals surface area contributed by atoms with Gasteiger partial charge in [0, 0.05) is 25.1 Å². The van der Waals surface area contributed by atoms with Gasteiger partial charge in [-0.25, -0.2) is 0 Å². The van der Waals surface area contributed by atoms with Crippen LogP contribution in [0.4, 0.5) is 0 Å². The maximum Gasteiger partial charge on any atom is 0.0595 e. The van der Waals surface area contributed by atoms with Gasteiger partial charge in [0.1, 0.15) is 0 Å². The lowest BCUT2D eigenvalue weighted by Gasteiger charge is -2.32. The summed E-state index contributed by atoms with van der Waals surface area (Å²) < 4.78 is 0. The lowest BCUT2D eigenvalue weighted by Crippen LogP contribution is -2.37. The van der Waals surface area contributed by atoms with Gasteiger partial charge in [-0.15, -0.1) is 0 Å². The van der Waals surface area contributed by atoms with Crippen LogP contribution >= 0.6 is 23.2 Å². The van der Waals surface area contributed by atoms with Gasteiger partial charge in [0.2, 0.25) is 0 Å². The molecule has 0 saturated carbocycles. The number of hydrogen-bond donors (Lipinski definition) is 2. The fourth-order valence-corrected chi connectivity index (χ4v) is 2.75. The SMILES string of the molecule is OCC[C@@]1(c2ccc(Cl)c(Cl)c2)CC=CCNC1. The van der Waals surface area contributed by atoms with E-state index in [-0.39, 0.29) is 12.0 Å². The molecule has 0 fully saturated rings. The van der Waals surface area contributed by atoms with Crippen molar-refractivity contribution in [3.63, 3.8) is 0 Å². The van der Waals surface area contributed by atoms with Crippen molar-refractivity contribution < 1.29 is 5.11 Å². The molecule has 2 nitrogen and oxygen atoms in total. The fourth-order valence-electron chi connectivity index (χ4n) is 2.45. The van der Waals surface area contributed by atoms with E-state index in [0.29, 0.717) is 16.5 Å². The molecule has 98 valence electrons. The van der Waals surface area contributed by atoms with E-state index in [9.17, 15) is 5.11 Å². The van der Waals surface area contributed by atoms with E-state index >= 15 is 0 Å². The van der Waals surface area contributed by atoms with Crippen LogP contribution in [-0.4, -0.2) is 24.8 Å². The first kappa shape index (κ1) is 13.9. The fraction of sp³-hybridized carbons (Fsp3) is 0.429. The van der Waals surface area contributed by atoms with Crippen LogP contribution in [0.5, 0.6) is 0 Å². The molecule has 18 heavy (non-hydrogen) atoms. The number of hydrogen-bond acceptors (Lipinski definition) is 2. The summed E-state index contributed by atoms with van der Waals surface area (Å²) in [6, 6.07) is 5.75. The zero-order valence-electron chi connectivity index (χ0n) is 10.1. The van der Waals surface area contributed by atoms with Crippen LogP contribution < -0.4 is 5.32 Å². The second-order valence-electron chi connectivity index (χ2n) is 4.69. The topological polar surface area (TPSA) is 32.3 Å². The van der Waals surface area contributed by atoms with E-state index in [1.54, 1.807) is 0 Å². The first-order chi connectivity index (χ1) is 8.68. The zero-order valence-corrected chi connectivity index (χ0v) is 11.6. The summed E-state index contributed by atoms with van der Waals surface area (Å²) >= 11 is 12.1. The van der Waals surface area contributed by atoms with E-state index in [0.717, 1.165) is 25.1 Å². The number of halogens is 2. The van der Waals surface area contributed by atoms with Crippen molar-refractivity contribution in [1.29, 1.82) is 0 Å². The third-order valence-electron chi connectivity index (χ3n) is 3.52. The van der Waals surface area contributed by atoms with Crippen LogP contribution in [0, 0.1) is 0 Å². The van der Waals surface area contributed by atoms with Gasteiger partial charge in [-0.2, -0.15) is 0 Å². The molecular formula is C14H17Cl2NO. The molecule has 1 aliphatic heterocycles. The average Bonchev–Trinajstić information content (AvgIpc) is 2.60. The van der Waals surface area contributed by atoms with E-state index < -0.39 is 0 Å². The Morgan fingerprint density at radius 1 is 1.22 bits per heavy atom. The minimum Gasteiger partial charge on any atom is -0.396 e. The van der Waals surface area contributed by atoms with E-state index in [2.05, 4.69) is 17.5 Å². The Hall–Kier alpha value is -0.540. The summed E-state index contributed by atoms with van der Waals surface area (Å²) in [4.78, 5) is 0. The largest absolute Gasteiger partial charge is 0.396 e. The number of benzene rings is 1. The first-order valence-corrected chi connectivity index (χ1v) is 6.86. The number of aliphatic hydroxyl groups is 1. The number of rotatable bonds is 3. The summed E-state index contributed by atoms with van der Waals surface area (Å²) in [5.74, 6) is 0. The summed E-state index contributed by atoms with van der Waals surface area (Å²) in [5, 5.41) is 13.9. The molecule has 0 radical (unpaired) electrons. The van der Waals surface area contributed by atoms with E-state index in [4.69, 9.17) is 23.2 Å². The monoisotopic (exact) mass is 285 g/mol. The van der Waals surface area contributed by atoms with Gasteiger partial charge in [-0.3, -0.25) is 0 Å². The molecule has 0 amide bonds. The molecule has 1 aromatic rings. The molecule has 0 aromatic heterocycles. The normalized spacial score (nSPS) is 23.9. The molecule has 0 bridgehead atoms. The van der Waals surface area contributed by atoms with E-state index in [1.807, 2.05) is 18.2 Å². The van der Waals surface area contributed by atoms with Gasteiger partial charge in [-0.05, 0) is 30.5 Å². The molecule has 1 heterocycles. The highest BCUT2D eigenvalue weighted by Crippen LogP contribution is 2.35. The Labute approximate surface area is 118 Å². The van der Waals surface area contributed by atoms with Gasteiger partial charge in [0.25, 0.3) is 0 Å². The van der Waals surface area contributed by atoms with Crippen molar-refractivity contribution in [2.45, 2.75) is 18.3 Å². The maximum absolute atomic E-state index is 9.35. The van der Waals surface area contributed by atoms with Crippen LogP contribution in [-0.2, 0) is 5.41 Å². The van der Waals surface area contributed by atoms with Crippen LogP contribution in [0.2, 0.25) is 10.0 Å². The molecule has 1 aliphatic rings. The first-order valence-electron chi connectivity index (χ1n) is 6.10. The Kier molecular flexibility index (Phi) is 4.68. The minimum absolute atomic E-state index is 0.101. The van der Waals surface area contributed by atoms with Crippen molar-refractivity contribution in [2.24, 2.45) is 0 Å². The third-order valence-corrected chi connectivity index (χ3v) is 4.26. The third kappa shape index (κ3) is 2.89. The second-order valence-corrected chi connectivity index (χ2v) is 5.50. The average molecular weight is 286 g/mol. The lowest BCUT2D eigenvalue weighted by molar-refractivity contribution is 0.234. The summed E-state index contributed by atoms with van der Waals surface area (Å²) in [7, 11) is 0. The minimum atomic E-state index is -0.101. The van der Waals surface area contributed by atoms with Crippen LogP contribution in [0.3, 0.4) is 0 Å². The summed E-state index contributed by atoms with van der Waals surface area (Å²) in [6.45, 7) is 1.86. The molecule has 0 unspecified atom stereocenters. The molecule has 4 heteroatoms. The standard InChI is InChI=1S/C14H17Cl2NO/c15-12-4-3-11(9-13(12)16)14(6-8-18)5-1-2-7-17-10-14/h1-4,9,17-18H,5-8,10H2/t14-/m0/s1. The van der Waals surface area contributed by atoms with Crippen molar-refractivity contribution in [3.8, 4) is 0 Å². The Bertz CT molecular complexity index is 447. The number of allylic oxidation sites excluding steroid dienone is 1. The quantitative estimate of drug-likeness (QED) is 0.837. The molecule has 2 N–H and O–H groups in total. The maximum atomic E-state index is 9.35. The predicted octanol–water partition coefficient (Wildman–Crippen LogP) is 3.16. The lowest BCUT2D eigenvalue weighted by atomic mass is 9.75. The highest BCUT2D eigenvalue weighted by atomic mass is 35.5. The van der Waals surface area contributed by atoms with Crippen molar-refractivity contribution in [1.82, 2.24) is 5.32 Å². The molecule has 1 atom stereocenters. The molecule has 1 aromatic carbocycles. The predicted molar refractivity (Wildman–Crippen MR) is 76.5 cm³/mol.